The number of nitrogens with one attached hydrogen (secondary N) is 1. The molecule has 0 aliphatic rings. The molecule has 0 fully saturated rings. The summed E-state index contributed by atoms with van der Waals surface area (Å²) in [5.41, 5.74) is 2.36. The molecule has 3 nitrogen and oxygen atoms in total. The maximum Gasteiger partial charge on any atom is 0.214 e. The smallest absolute Gasteiger partial charge is 0.214 e. The summed E-state index contributed by atoms with van der Waals surface area (Å²) in [7, 11) is 2.02. The summed E-state index contributed by atoms with van der Waals surface area (Å²) in [5, 5.41) is 4.35. The van der Waals surface area contributed by atoms with E-state index in [1.54, 1.807) is 12.1 Å². The average molecular weight is 255 g/mol. The fraction of sp³-hybridized carbons (Fsp3) is 0.133. The Morgan fingerprint density at radius 2 is 2.00 bits per heavy atom. The van der Waals surface area contributed by atoms with Gasteiger partial charge in [0.05, 0.1) is 0 Å². The molecular formula is C15H14FN3. The van der Waals surface area contributed by atoms with Gasteiger partial charge in [0.2, 0.25) is 5.95 Å². The van der Waals surface area contributed by atoms with Crippen LogP contribution in [0.15, 0.2) is 48.7 Å². The van der Waals surface area contributed by atoms with E-state index in [9.17, 15) is 4.39 Å². The first-order valence-electron chi connectivity index (χ1n) is 6.13. The van der Waals surface area contributed by atoms with Crippen LogP contribution in [-0.2, 0) is 13.6 Å². The summed E-state index contributed by atoms with van der Waals surface area (Å²) in [4.78, 5) is 3.79. The van der Waals surface area contributed by atoms with Gasteiger partial charge < -0.3 is 9.88 Å². The summed E-state index contributed by atoms with van der Waals surface area (Å²) in [6.45, 7) is 0.623. The maximum absolute atomic E-state index is 13.0. The lowest BCUT2D eigenvalue weighted by atomic mass is 10.2. The quantitative estimate of drug-likeness (QED) is 0.727. The predicted octanol–water partition coefficient (Wildman–Crippen LogP) is 3.32. The molecule has 0 unspecified atom stereocenters. The first-order valence-corrected chi connectivity index (χ1v) is 6.13. The Morgan fingerprint density at radius 1 is 1.16 bits per heavy atom. The van der Waals surface area contributed by atoms with Crippen molar-refractivity contribution in [1.29, 1.82) is 0 Å². The number of halogens is 1. The van der Waals surface area contributed by atoms with Crippen molar-refractivity contribution in [1.82, 2.24) is 9.55 Å². The summed E-state index contributed by atoms with van der Waals surface area (Å²) in [6.07, 6.45) is 2.08. The lowest BCUT2D eigenvalue weighted by molar-refractivity contribution is 0.585. The maximum atomic E-state index is 13.0. The van der Waals surface area contributed by atoms with E-state index in [1.165, 1.54) is 22.5 Å². The largest absolute Gasteiger partial charge is 0.366 e. The minimum atomic E-state index is -0.470. The van der Waals surface area contributed by atoms with Crippen molar-refractivity contribution in [2.45, 2.75) is 6.54 Å². The molecule has 3 rings (SSSR count). The van der Waals surface area contributed by atoms with Gasteiger partial charge in [-0.3, -0.25) is 0 Å². The van der Waals surface area contributed by atoms with E-state index in [1.807, 2.05) is 19.2 Å². The molecule has 2 heterocycles. The van der Waals surface area contributed by atoms with Crippen LogP contribution in [0.25, 0.3) is 10.9 Å². The molecule has 0 radical (unpaired) electrons. The molecular weight excluding hydrogens is 241 g/mol. The predicted molar refractivity (Wildman–Crippen MR) is 74.4 cm³/mol. The first-order chi connectivity index (χ1) is 9.24. The minimum Gasteiger partial charge on any atom is -0.366 e. The van der Waals surface area contributed by atoms with E-state index in [4.69, 9.17) is 0 Å². The van der Waals surface area contributed by atoms with Gasteiger partial charge in [0.1, 0.15) is 5.82 Å². The van der Waals surface area contributed by atoms with Crippen LogP contribution < -0.4 is 5.32 Å². The molecule has 0 aliphatic heterocycles. The van der Waals surface area contributed by atoms with Gasteiger partial charge in [-0.25, -0.2) is 4.98 Å². The number of benzene rings is 1. The highest BCUT2D eigenvalue weighted by Crippen LogP contribution is 2.21. The van der Waals surface area contributed by atoms with Crippen molar-refractivity contribution in [2.75, 3.05) is 5.32 Å². The fourth-order valence-corrected chi connectivity index (χ4v) is 2.26. The summed E-state index contributed by atoms with van der Waals surface area (Å²) in [6, 6.07) is 13.0. The summed E-state index contributed by atoms with van der Waals surface area (Å²) < 4.78 is 15.1. The third-order valence-electron chi connectivity index (χ3n) is 3.15. The lowest BCUT2D eigenvalue weighted by Gasteiger charge is -2.04. The number of anilines is 1. The van der Waals surface area contributed by atoms with Crippen molar-refractivity contribution in [2.24, 2.45) is 7.05 Å². The lowest BCUT2D eigenvalue weighted by Crippen LogP contribution is -2.01. The second kappa shape index (κ2) is 4.72. The van der Waals surface area contributed by atoms with Gasteiger partial charge in [-0.1, -0.05) is 24.3 Å². The topological polar surface area (TPSA) is 29.9 Å². The van der Waals surface area contributed by atoms with Crippen molar-refractivity contribution in [3.63, 3.8) is 0 Å². The van der Waals surface area contributed by atoms with E-state index in [0.29, 0.717) is 12.4 Å². The van der Waals surface area contributed by atoms with Crippen molar-refractivity contribution >= 4 is 16.7 Å². The SMILES string of the molecule is Cn1cc(CNc2cccc(F)n2)c2ccccc21. The van der Waals surface area contributed by atoms with Crippen molar-refractivity contribution < 1.29 is 4.39 Å². The highest BCUT2D eigenvalue weighted by atomic mass is 19.1. The Morgan fingerprint density at radius 3 is 2.84 bits per heavy atom. The molecule has 1 N–H and O–H groups in total. The third-order valence-corrected chi connectivity index (χ3v) is 3.15. The second-order valence-corrected chi connectivity index (χ2v) is 4.48. The number of hydrogen-bond donors (Lipinski definition) is 1. The van der Waals surface area contributed by atoms with Crippen molar-refractivity contribution in [3.05, 3.63) is 60.2 Å². The molecule has 0 amide bonds. The molecule has 2 aromatic heterocycles. The van der Waals surface area contributed by atoms with Crippen LogP contribution in [0.4, 0.5) is 10.2 Å². The zero-order valence-electron chi connectivity index (χ0n) is 10.6. The molecule has 0 saturated heterocycles. The molecule has 0 atom stereocenters. The zero-order valence-corrected chi connectivity index (χ0v) is 10.6. The van der Waals surface area contributed by atoms with Gasteiger partial charge in [0.15, 0.2) is 0 Å². The molecule has 4 heteroatoms. The van der Waals surface area contributed by atoms with E-state index < -0.39 is 5.95 Å². The van der Waals surface area contributed by atoms with Crippen LogP contribution in [0.2, 0.25) is 0 Å². The first kappa shape index (κ1) is 11.7. The van der Waals surface area contributed by atoms with E-state index in [2.05, 4.69) is 33.2 Å². The van der Waals surface area contributed by atoms with Gasteiger partial charge in [-0.15, -0.1) is 0 Å². The third kappa shape index (κ3) is 2.29. The van der Waals surface area contributed by atoms with Gasteiger partial charge in [0, 0.05) is 30.7 Å². The second-order valence-electron chi connectivity index (χ2n) is 4.48. The number of pyridine rings is 1. The Kier molecular flexibility index (Phi) is 2.91. The number of aryl methyl sites for hydroxylation is 1. The molecule has 0 saturated carbocycles. The van der Waals surface area contributed by atoms with Gasteiger partial charge in [-0.05, 0) is 23.8 Å². The Bertz CT molecular complexity index is 718. The summed E-state index contributed by atoms with van der Waals surface area (Å²) >= 11 is 0. The van der Waals surface area contributed by atoms with Crippen LogP contribution in [0.1, 0.15) is 5.56 Å². The molecule has 0 bridgehead atoms. The number of fused-ring (bicyclic) bond motifs is 1. The molecule has 1 aromatic carbocycles. The number of nitrogens with zero attached hydrogens (tertiary/aromatic N) is 2. The van der Waals surface area contributed by atoms with Crippen LogP contribution >= 0.6 is 0 Å². The average Bonchev–Trinajstić information content (AvgIpc) is 2.74. The standard InChI is InChI=1S/C15H14FN3/c1-19-10-11(12-5-2-3-6-13(12)19)9-17-15-8-4-7-14(16)18-15/h2-8,10H,9H2,1H3,(H,17,18). The van der Waals surface area contributed by atoms with Crippen molar-refractivity contribution in [3.8, 4) is 0 Å². The summed E-state index contributed by atoms with van der Waals surface area (Å²) in [5.74, 6) is 0.0795. The number of aromatic nitrogens is 2. The van der Waals surface area contributed by atoms with Gasteiger partial charge in [-0.2, -0.15) is 4.39 Å². The molecule has 0 spiro atoms. The normalized spacial score (nSPS) is 10.8. The van der Waals surface area contributed by atoms with Crippen LogP contribution in [0, 0.1) is 5.95 Å². The van der Waals surface area contributed by atoms with E-state index in [0.717, 1.165) is 0 Å². The number of rotatable bonds is 3. The van der Waals surface area contributed by atoms with Crippen LogP contribution in [-0.4, -0.2) is 9.55 Å². The van der Waals surface area contributed by atoms with Crippen LogP contribution in [0.5, 0.6) is 0 Å². The Labute approximate surface area is 110 Å². The minimum absolute atomic E-state index is 0.470. The number of para-hydroxylation sites is 1. The Balaban J connectivity index is 1.86. The van der Waals surface area contributed by atoms with E-state index in [-0.39, 0.29) is 0 Å². The van der Waals surface area contributed by atoms with Gasteiger partial charge in [0.25, 0.3) is 0 Å². The molecule has 96 valence electrons. The molecule has 19 heavy (non-hydrogen) atoms. The monoisotopic (exact) mass is 255 g/mol. The van der Waals surface area contributed by atoms with Crippen LogP contribution in [0.3, 0.4) is 0 Å². The zero-order chi connectivity index (χ0) is 13.2. The highest BCUT2D eigenvalue weighted by molar-refractivity contribution is 5.84. The molecule has 0 aliphatic carbocycles. The number of hydrogen-bond acceptors (Lipinski definition) is 2. The molecule has 3 aromatic rings. The van der Waals surface area contributed by atoms with E-state index >= 15 is 0 Å². The Hall–Kier alpha value is -2.36. The fourth-order valence-electron chi connectivity index (χ4n) is 2.26. The van der Waals surface area contributed by atoms with Gasteiger partial charge >= 0.3 is 0 Å². The highest BCUT2D eigenvalue weighted by Gasteiger charge is 2.05.